The van der Waals surface area contributed by atoms with Crippen LogP contribution in [0.3, 0.4) is 0 Å². The first kappa shape index (κ1) is 29.4. The number of ether oxygens (including phenoxy) is 1. The number of fused-ring (bicyclic) bond motifs is 3. The molecule has 0 aromatic heterocycles. The number of phenolic OH excluding ortho intramolecular Hbond substituents is 1. The van der Waals surface area contributed by atoms with Gasteiger partial charge < -0.3 is 25.0 Å². The average Bonchev–Trinajstić information content (AvgIpc) is 3.13. The zero-order valence-electron chi connectivity index (χ0n) is 22.9. The monoisotopic (exact) mass is 501 g/mol. The van der Waals surface area contributed by atoms with E-state index in [0.717, 1.165) is 19.3 Å². The molecule has 0 saturated carbocycles. The second kappa shape index (κ2) is 12.4. The highest BCUT2D eigenvalue weighted by Crippen LogP contribution is 2.46. The number of allylic oxidation sites excluding steroid dienone is 4. The molecule has 0 fully saturated rings. The van der Waals surface area contributed by atoms with Crippen molar-refractivity contribution >= 4 is 11.9 Å². The molecule has 1 amide bonds. The third-order valence-corrected chi connectivity index (χ3v) is 6.99. The van der Waals surface area contributed by atoms with Crippen molar-refractivity contribution in [3.63, 3.8) is 0 Å². The third kappa shape index (κ3) is 6.30. The predicted octanol–water partition coefficient (Wildman–Crippen LogP) is 5.76. The van der Waals surface area contributed by atoms with Gasteiger partial charge in [0.2, 0.25) is 0 Å². The fraction of sp³-hybridized carbons (Fsp3) is 0.586. The van der Waals surface area contributed by atoms with Crippen LogP contribution in [0.5, 0.6) is 11.5 Å². The number of phenols is 1. The molecule has 3 N–H and O–H groups in total. The van der Waals surface area contributed by atoms with Gasteiger partial charge in [-0.2, -0.15) is 0 Å². The van der Waals surface area contributed by atoms with Gasteiger partial charge >= 0.3 is 5.97 Å². The summed E-state index contributed by atoms with van der Waals surface area (Å²) in [6, 6.07) is 0.431. The minimum Gasteiger partial charge on any atom is -0.508 e. The molecular weight excluding hydrogens is 458 g/mol. The normalized spacial score (nSPS) is 21.6. The molecule has 2 heterocycles. The van der Waals surface area contributed by atoms with E-state index in [4.69, 9.17) is 4.74 Å². The Hall–Kier alpha value is -2.80. The summed E-state index contributed by atoms with van der Waals surface area (Å²) in [4.78, 5) is 26.0. The van der Waals surface area contributed by atoms with Crippen molar-refractivity contribution in [1.29, 1.82) is 0 Å². The molecule has 1 aromatic carbocycles. The lowest BCUT2D eigenvalue weighted by Crippen LogP contribution is -2.49. The molecule has 3 atom stereocenters. The van der Waals surface area contributed by atoms with Crippen LogP contribution < -0.4 is 4.74 Å². The van der Waals surface area contributed by atoms with Crippen LogP contribution in [0.2, 0.25) is 0 Å². The van der Waals surface area contributed by atoms with Crippen LogP contribution in [0.25, 0.3) is 0 Å². The Balaban J connectivity index is 0.00000222. The van der Waals surface area contributed by atoms with E-state index in [-0.39, 0.29) is 30.7 Å². The zero-order chi connectivity index (χ0) is 27.2. The maximum absolute atomic E-state index is 13.0. The van der Waals surface area contributed by atoms with Crippen molar-refractivity contribution < 1.29 is 29.6 Å². The summed E-state index contributed by atoms with van der Waals surface area (Å²) in [6.45, 7) is 14.0. The summed E-state index contributed by atoms with van der Waals surface area (Å²) in [7, 11) is 0. The first-order chi connectivity index (χ1) is 17.0. The van der Waals surface area contributed by atoms with Crippen LogP contribution in [0.1, 0.15) is 102 Å². The lowest BCUT2D eigenvalue weighted by Gasteiger charge is -2.41. The minimum atomic E-state index is -1.06. The first-order valence-electron chi connectivity index (χ1n) is 13.1. The molecular formula is C29H43NO6. The number of carboxylic acids is 1. The molecule has 36 heavy (non-hydrogen) atoms. The average molecular weight is 502 g/mol. The van der Waals surface area contributed by atoms with Crippen LogP contribution in [0, 0.1) is 0 Å². The number of hydrogen-bond donors (Lipinski definition) is 3. The topological polar surface area (TPSA) is 107 Å². The maximum atomic E-state index is 13.0. The van der Waals surface area contributed by atoms with Gasteiger partial charge in [-0.25, -0.2) is 4.79 Å². The molecule has 2 aliphatic rings. The van der Waals surface area contributed by atoms with Crippen molar-refractivity contribution in [1.82, 2.24) is 4.90 Å². The van der Waals surface area contributed by atoms with Crippen molar-refractivity contribution in [3.8, 4) is 11.5 Å². The van der Waals surface area contributed by atoms with Gasteiger partial charge in [0, 0.05) is 17.5 Å². The molecule has 7 heteroatoms. The molecule has 0 radical (unpaired) electrons. The van der Waals surface area contributed by atoms with Gasteiger partial charge in [0.25, 0.3) is 5.91 Å². The molecule has 0 saturated heterocycles. The van der Waals surface area contributed by atoms with E-state index in [9.17, 15) is 24.9 Å². The summed E-state index contributed by atoms with van der Waals surface area (Å²) in [5.74, 6) is -1.19. The smallest absolute Gasteiger partial charge is 0.326 e. The van der Waals surface area contributed by atoms with Crippen LogP contribution >= 0.6 is 0 Å². The van der Waals surface area contributed by atoms with Gasteiger partial charge in [0.1, 0.15) is 23.1 Å². The lowest BCUT2D eigenvalue weighted by molar-refractivity contribution is -0.142. The molecule has 1 aromatic rings. The molecule has 0 bridgehead atoms. The first-order valence-corrected chi connectivity index (χ1v) is 13.1. The largest absolute Gasteiger partial charge is 0.508 e. The molecule has 200 valence electrons. The summed E-state index contributed by atoms with van der Waals surface area (Å²) in [6.07, 6.45) is 7.34. The number of hydrogen-bond acceptors (Lipinski definition) is 5. The highest BCUT2D eigenvalue weighted by molar-refractivity contribution is 6.02. The van der Waals surface area contributed by atoms with Crippen molar-refractivity contribution in [2.24, 2.45) is 0 Å². The van der Waals surface area contributed by atoms with Gasteiger partial charge in [-0.3, -0.25) is 4.79 Å². The number of aliphatic hydroxyl groups excluding tert-OH is 1. The van der Waals surface area contributed by atoms with Crippen molar-refractivity contribution in [2.45, 2.75) is 111 Å². The number of aliphatic carboxylic acids is 1. The minimum absolute atomic E-state index is 0.108. The van der Waals surface area contributed by atoms with Crippen LogP contribution in [0.15, 0.2) is 29.4 Å². The van der Waals surface area contributed by atoms with E-state index in [1.807, 2.05) is 20.8 Å². The standard InChI is InChI=1S/C27H37NO6.C2H6/c1-6-21(26(32)33)28-15-20-18(25(28)31)13-22(29)19-14-23(30)27(5,34-24(19)20)12-8-11-17(4)10-7-9-16(2)3;1-2/h9,11,13,21,23,29-30H,6-8,10,12,14-15H2,1-5H3,(H,32,33);1-2H3/b17-11+;. The van der Waals surface area contributed by atoms with E-state index in [1.165, 1.54) is 22.1 Å². The number of aliphatic hydroxyl groups is 1. The van der Waals surface area contributed by atoms with E-state index in [2.05, 4.69) is 32.9 Å². The lowest BCUT2D eigenvalue weighted by atomic mass is 9.84. The number of carboxylic acid groups (broad SMARTS) is 1. The Kier molecular flexibility index (Phi) is 10.2. The number of nitrogens with zero attached hydrogens (tertiary/aromatic N) is 1. The summed E-state index contributed by atoms with van der Waals surface area (Å²) < 4.78 is 6.35. The van der Waals surface area contributed by atoms with Crippen molar-refractivity contribution in [3.05, 3.63) is 46.1 Å². The van der Waals surface area contributed by atoms with Crippen LogP contribution in [0.4, 0.5) is 0 Å². The maximum Gasteiger partial charge on any atom is 0.326 e. The third-order valence-electron chi connectivity index (χ3n) is 6.99. The summed E-state index contributed by atoms with van der Waals surface area (Å²) >= 11 is 0. The van der Waals surface area contributed by atoms with Crippen LogP contribution in [-0.2, 0) is 17.8 Å². The Labute approximate surface area is 215 Å². The molecule has 7 nitrogen and oxygen atoms in total. The second-order valence-electron chi connectivity index (χ2n) is 9.97. The van der Waals surface area contributed by atoms with Crippen molar-refractivity contribution in [2.75, 3.05) is 0 Å². The van der Waals surface area contributed by atoms with E-state index >= 15 is 0 Å². The highest BCUT2D eigenvalue weighted by atomic mass is 16.5. The van der Waals surface area contributed by atoms with Crippen LogP contribution in [-0.4, -0.2) is 49.8 Å². The fourth-order valence-corrected chi connectivity index (χ4v) is 4.80. The van der Waals surface area contributed by atoms with Gasteiger partial charge in [0.05, 0.1) is 18.2 Å². The Morgan fingerprint density at radius 3 is 2.47 bits per heavy atom. The SMILES string of the molecule is CC.CCC(C(=O)O)N1Cc2c(cc(O)c3c2OC(C)(CC/C=C(\C)CCC=C(C)C)C(O)C3)C1=O. The van der Waals surface area contributed by atoms with E-state index in [1.54, 1.807) is 6.92 Å². The molecule has 3 rings (SSSR count). The quantitative estimate of drug-likeness (QED) is 0.371. The summed E-state index contributed by atoms with van der Waals surface area (Å²) in [5, 5.41) is 31.0. The summed E-state index contributed by atoms with van der Waals surface area (Å²) in [5.41, 5.74) is 3.02. The van der Waals surface area contributed by atoms with Gasteiger partial charge in [-0.05, 0) is 65.9 Å². The Morgan fingerprint density at radius 1 is 1.22 bits per heavy atom. The zero-order valence-corrected chi connectivity index (χ0v) is 22.9. The van der Waals surface area contributed by atoms with Gasteiger partial charge in [0.15, 0.2) is 0 Å². The number of benzene rings is 1. The molecule has 0 aliphatic carbocycles. The molecule has 0 spiro atoms. The number of amides is 1. The highest BCUT2D eigenvalue weighted by Gasteiger charge is 2.45. The predicted molar refractivity (Wildman–Crippen MR) is 141 cm³/mol. The van der Waals surface area contributed by atoms with E-state index in [0.29, 0.717) is 23.3 Å². The number of carbonyl (C=O) groups excluding carboxylic acids is 1. The van der Waals surface area contributed by atoms with Gasteiger partial charge in [-0.15, -0.1) is 0 Å². The van der Waals surface area contributed by atoms with E-state index < -0.39 is 29.6 Å². The number of rotatable bonds is 9. The Bertz CT molecular complexity index is 1020. The molecule has 3 unspecified atom stereocenters. The number of aromatic hydroxyl groups is 1. The number of carbonyl (C=O) groups is 2. The second-order valence-corrected chi connectivity index (χ2v) is 9.97. The fourth-order valence-electron chi connectivity index (χ4n) is 4.80. The Morgan fingerprint density at radius 2 is 1.89 bits per heavy atom. The van der Waals surface area contributed by atoms with Gasteiger partial charge in [-0.1, -0.05) is 44.1 Å². The molecule has 2 aliphatic heterocycles.